The highest BCUT2D eigenvalue weighted by Gasteiger charge is 2.35. The molecule has 0 atom stereocenters. The molecule has 0 radical (unpaired) electrons. The second-order valence-electron chi connectivity index (χ2n) is 5.14. The van der Waals surface area contributed by atoms with Crippen LogP contribution in [0.5, 0.6) is 0 Å². The van der Waals surface area contributed by atoms with Crippen LogP contribution in [0.2, 0.25) is 0 Å². The Kier molecular flexibility index (Phi) is 5.06. The van der Waals surface area contributed by atoms with Gasteiger partial charge < -0.3 is 0 Å². The second-order valence-corrected chi connectivity index (χ2v) is 5.67. The molecule has 0 spiro atoms. The maximum atomic E-state index is 6.11. The van der Waals surface area contributed by atoms with Crippen molar-refractivity contribution in [3.05, 3.63) is 0 Å². The summed E-state index contributed by atoms with van der Waals surface area (Å²) >= 11 is 12.2. The summed E-state index contributed by atoms with van der Waals surface area (Å²) in [6.45, 7) is 4.50. The molecule has 1 rings (SSSR count). The number of halogens is 2. The van der Waals surface area contributed by atoms with Gasteiger partial charge in [0.05, 0.1) is 0 Å². The monoisotopic (exact) mass is 236 g/mol. The van der Waals surface area contributed by atoms with Crippen LogP contribution in [0.25, 0.3) is 0 Å². The lowest BCUT2D eigenvalue weighted by Crippen LogP contribution is -2.33. The van der Waals surface area contributed by atoms with Crippen molar-refractivity contribution >= 4 is 23.2 Å². The topological polar surface area (TPSA) is 0 Å². The van der Waals surface area contributed by atoms with Crippen molar-refractivity contribution in [1.82, 2.24) is 0 Å². The van der Waals surface area contributed by atoms with Crippen LogP contribution in [-0.2, 0) is 0 Å². The van der Waals surface area contributed by atoms with Gasteiger partial charge in [-0.3, -0.25) is 0 Å². The van der Waals surface area contributed by atoms with Crippen LogP contribution in [0.4, 0.5) is 0 Å². The highest BCUT2D eigenvalue weighted by molar-refractivity contribution is 6.21. The Balaban J connectivity index is 2.57. The van der Waals surface area contributed by atoms with E-state index in [0.717, 1.165) is 5.92 Å². The van der Waals surface area contributed by atoms with Crippen LogP contribution >= 0.6 is 23.2 Å². The lowest BCUT2D eigenvalue weighted by Gasteiger charge is -2.36. The maximum Gasteiger partial charge on any atom is 0.0293 e. The number of hydrogen-bond acceptors (Lipinski definition) is 0. The Labute approximate surface area is 98.4 Å². The Bertz CT molecular complexity index is 156. The standard InChI is InChI=1S/C12H22Cl2/c1-10(2)12(8-13,9-14)7-11-5-3-4-6-11/h10-11H,3-9H2,1-2H3. The molecule has 0 N–H and O–H groups in total. The molecule has 0 heterocycles. The van der Waals surface area contributed by atoms with Crippen LogP contribution in [0, 0.1) is 17.3 Å². The van der Waals surface area contributed by atoms with E-state index >= 15 is 0 Å². The van der Waals surface area contributed by atoms with Gasteiger partial charge in [-0.25, -0.2) is 0 Å². The van der Waals surface area contributed by atoms with E-state index in [4.69, 9.17) is 23.2 Å². The third-order valence-electron chi connectivity index (χ3n) is 3.93. The Morgan fingerprint density at radius 3 is 2.00 bits per heavy atom. The van der Waals surface area contributed by atoms with E-state index in [1.165, 1.54) is 32.1 Å². The molecule has 14 heavy (non-hydrogen) atoms. The van der Waals surface area contributed by atoms with Gasteiger partial charge in [0.15, 0.2) is 0 Å². The Morgan fingerprint density at radius 1 is 1.14 bits per heavy atom. The van der Waals surface area contributed by atoms with Gasteiger partial charge in [0.2, 0.25) is 0 Å². The molecule has 0 aliphatic heterocycles. The summed E-state index contributed by atoms with van der Waals surface area (Å²) in [6.07, 6.45) is 6.83. The lowest BCUT2D eigenvalue weighted by atomic mass is 9.73. The van der Waals surface area contributed by atoms with Crippen molar-refractivity contribution in [3.63, 3.8) is 0 Å². The molecule has 0 aromatic carbocycles. The summed E-state index contributed by atoms with van der Waals surface area (Å²) in [7, 11) is 0. The number of rotatable bonds is 5. The van der Waals surface area contributed by atoms with Crippen molar-refractivity contribution in [2.75, 3.05) is 11.8 Å². The Morgan fingerprint density at radius 2 is 1.64 bits per heavy atom. The van der Waals surface area contributed by atoms with Crippen molar-refractivity contribution < 1.29 is 0 Å². The fraction of sp³-hybridized carbons (Fsp3) is 1.00. The lowest BCUT2D eigenvalue weighted by molar-refractivity contribution is 0.197. The van der Waals surface area contributed by atoms with Gasteiger partial charge in [-0.05, 0) is 23.7 Å². The largest absolute Gasteiger partial charge is 0.126 e. The van der Waals surface area contributed by atoms with Crippen molar-refractivity contribution in [2.45, 2.75) is 46.0 Å². The zero-order valence-electron chi connectivity index (χ0n) is 9.36. The average molecular weight is 237 g/mol. The summed E-state index contributed by atoms with van der Waals surface area (Å²) in [5, 5.41) is 0. The summed E-state index contributed by atoms with van der Waals surface area (Å²) < 4.78 is 0. The van der Waals surface area contributed by atoms with Gasteiger partial charge in [0.25, 0.3) is 0 Å². The smallest absolute Gasteiger partial charge is 0.0293 e. The minimum absolute atomic E-state index is 0.179. The molecule has 0 aromatic rings. The molecule has 0 nitrogen and oxygen atoms in total. The Hall–Kier alpha value is 0.580. The van der Waals surface area contributed by atoms with Gasteiger partial charge in [0, 0.05) is 11.8 Å². The molecule has 0 unspecified atom stereocenters. The van der Waals surface area contributed by atoms with Crippen LogP contribution in [0.3, 0.4) is 0 Å². The third-order valence-corrected chi connectivity index (χ3v) is 4.99. The molecule has 0 amide bonds. The van der Waals surface area contributed by atoms with Gasteiger partial charge >= 0.3 is 0 Å². The van der Waals surface area contributed by atoms with Gasteiger partial charge in [-0.15, -0.1) is 23.2 Å². The van der Waals surface area contributed by atoms with E-state index in [1.54, 1.807) is 0 Å². The van der Waals surface area contributed by atoms with E-state index in [0.29, 0.717) is 17.7 Å². The molecule has 84 valence electrons. The first kappa shape index (κ1) is 12.6. The fourth-order valence-electron chi connectivity index (χ4n) is 2.48. The van der Waals surface area contributed by atoms with Crippen molar-refractivity contribution in [3.8, 4) is 0 Å². The SMILES string of the molecule is CC(C)C(CCl)(CCl)CC1CCCC1. The minimum atomic E-state index is 0.179. The fourth-order valence-corrected chi connectivity index (χ4v) is 3.60. The number of hydrogen-bond donors (Lipinski definition) is 0. The molecular formula is C12H22Cl2. The summed E-state index contributed by atoms with van der Waals surface area (Å²) in [5.74, 6) is 2.91. The zero-order valence-corrected chi connectivity index (χ0v) is 10.9. The van der Waals surface area contributed by atoms with Gasteiger partial charge in [-0.1, -0.05) is 39.5 Å². The van der Waals surface area contributed by atoms with E-state index in [2.05, 4.69) is 13.8 Å². The average Bonchev–Trinajstić information content (AvgIpc) is 2.66. The molecule has 1 aliphatic carbocycles. The van der Waals surface area contributed by atoms with Crippen LogP contribution in [-0.4, -0.2) is 11.8 Å². The molecule has 0 bridgehead atoms. The number of alkyl halides is 2. The van der Waals surface area contributed by atoms with Crippen LogP contribution < -0.4 is 0 Å². The van der Waals surface area contributed by atoms with Gasteiger partial charge in [0.1, 0.15) is 0 Å². The molecule has 0 saturated heterocycles. The quantitative estimate of drug-likeness (QED) is 0.608. The van der Waals surface area contributed by atoms with E-state index in [-0.39, 0.29) is 5.41 Å². The molecule has 1 saturated carbocycles. The first-order valence-electron chi connectivity index (χ1n) is 5.76. The first-order chi connectivity index (χ1) is 6.64. The van der Waals surface area contributed by atoms with Crippen LogP contribution in [0.1, 0.15) is 46.0 Å². The summed E-state index contributed by atoms with van der Waals surface area (Å²) in [5.41, 5.74) is 0.179. The zero-order chi connectivity index (χ0) is 10.6. The van der Waals surface area contributed by atoms with Crippen molar-refractivity contribution in [2.24, 2.45) is 17.3 Å². The predicted octanol–water partition coefficient (Wildman–Crippen LogP) is 4.69. The van der Waals surface area contributed by atoms with E-state index in [9.17, 15) is 0 Å². The molecule has 0 aromatic heterocycles. The molecular weight excluding hydrogens is 215 g/mol. The minimum Gasteiger partial charge on any atom is -0.126 e. The highest BCUT2D eigenvalue weighted by Crippen LogP contribution is 2.42. The normalized spacial score (nSPS) is 19.5. The van der Waals surface area contributed by atoms with E-state index < -0.39 is 0 Å². The second kappa shape index (κ2) is 5.61. The van der Waals surface area contributed by atoms with E-state index in [1.807, 2.05) is 0 Å². The molecule has 2 heteroatoms. The maximum absolute atomic E-state index is 6.11. The predicted molar refractivity (Wildman–Crippen MR) is 65.3 cm³/mol. The third kappa shape index (κ3) is 2.79. The van der Waals surface area contributed by atoms with Crippen molar-refractivity contribution in [1.29, 1.82) is 0 Å². The molecule has 1 aliphatic rings. The highest BCUT2D eigenvalue weighted by atomic mass is 35.5. The molecule has 1 fully saturated rings. The van der Waals surface area contributed by atoms with Crippen LogP contribution in [0.15, 0.2) is 0 Å². The first-order valence-corrected chi connectivity index (χ1v) is 6.83. The summed E-state index contributed by atoms with van der Waals surface area (Å²) in [6, 6.07) is 0. The van der Waals surface area contributed by atoms with Gasteiger partial charge in [-0.2, -0.15) is 0 Å². The summed E-state index contributed by atoms with van der Waals surface area (Å²) in [4.78, 5) is 0.